The Labute approximate surface area is 109 Å². The molecule has 0 spiro atoms. The van der Waals surface area contributed by atoms with Crippen molar-refractivity contribution in [2.75, 3.05) is 0 Å². The van der Waals surface area contributed by atoms with Crippen LogP contribution in [0.1, 0.15) is 26.3 Å². The van der Waals surface area contributed by atoms with Gasteiger partial charge in [0.05, 0.1) is 0 Å². The molecule has 0 aliphatic heterocycles. The average molecular weight is 266 g/mol. The van der Waals surface area contributed by atoms with E-state index in [-0.39, 0.29) is 16.8 Å². The molecule has 0 radical (unpaired) electrons. The van der Waals surface area contributed by atoms with Gasteiger partial charge in [-0.3, -0.25) is 0 Å². The molecule has 2 aromatic rings. The van der Waals surface area contributed by atoms with Crippen molar-refractivity contribution in [3.63, 3.8) is 0 Å². The van der Waals surface area contributed by atoms with Crippen molar-refractivity contribution in [1.29, 1.82) is 0 Å². The number of hydrogen-bond donors (Lipinski definition) is 0. The standard InChI is InChI=1S/C14H13F3N2/c1-14(2,3)9-6-18-13(19-7-9)8-4-10(15)12(17)11(16)5-8/h4-7H,1-3H3. The summed E-state index contributed by atoms with van der Waals surface area (Å²) >= 11 is 0. The van der Waals surface area contributed by atoms with Gasteiger partial charge in [0, 0.05) is 18.0 Å². The number of benzene rings is 1. The zero-order valence-electron chi connectivity index (χ0n) is 10.8. The SMILES string of the molecule is CC(C)(C)c1cnc(-c2cc(F)c(F)c(F)c2)nc1. The van der Waals surface area contributed by atoms with Crippen molar-refractivity contribution >= 4 is 0 Å². The van der Waals surface area contributed by atoms with Gasteiger partial charge in [0.15, 0.2) is 23.3 Å². The predicted molar refractivity (Wildman–Crippen MR) is 66.0 cm³/mol. The average Bonchev–Trinajstić information content (AvgIpc) is 2.34. The first kappa shape index (κ1) is 13.5. The van der Waals surface area contributed by atoms with E-state index in [0.29, 0.717) is 0 Å². The lowest BCUT2D eigenvalue weighted by atomic mass is 9.89. The minimum Gasteiger partial charge on any atom is -0.236 e. The fourth-order valence-electron chi connectivity index (χ4n) is 1.55. The van der Waals surface area contributed by atoms with Crippen molar-refractivity contribution in [3.8, 4) is 11.4 Å². The highest BCUT2D eigenvalue weighted by atomic mass is 19.2. The fraction of sp³-hybridized carbons (Fsp3) is 0.286. The van der Waals surface area contributed by atoms with Crippen LogP contribution in [0, 0.1) is 17.5 Å². The van der Waals surface area contributed by atoms with Crippen LogP contribution in [0.15, 0.2) is 24.5 Å². The summed E-state index contributed by atoms with van der Waals surface area (Å²) < 4.78 is 39.1. The lowest BCUT2D eigenvalue weighted by Crippen LogP contribution is -2.12. The third kappa shape index (κ3) is 2.75. The molecular weight excluding hydrogens is 253 g/mol. The minimum atomic E-state index is -1.49. The van der Waals surface area contributed by atoms with Gasteiger partial charge in [-0.2, -0.15) is 0 Å². The lowest BCUT2D eigenvalue weighted by molar-refractivity contribution is 0.447. The summed E-state index contributed by atoms with van der Waals surface area (Å²) in [6.07, 6.45) is 3.20. The second-order valence-corrected chi connectivity index (χ2v) is 5.30. The van der Waals surface area contributed by atoms with Gasteiger partial charge in [0.2, 0.25) is 0 Å². The Morgan fingerprint density at radius 3 is 1.79 bits per heavy atom. The van der Waals surface area contributed by atoms with Gasteiger partial charge in [0.1, 0.15) is 0 Å². The van der Waals surface area contributed by atoms with Crippen LogP contribution in [-0.2, 0) is 5.41 Å². The van der Waals surface area contributed by atoms with Crippen molar-refractivity contribution in [2.45, 2.75) is 26.2 Å². The van der Waals surface area contributed by atoms with Crippen LogP contribution < -0.4 is 0 Å². The normalized spacial score (nSPS) is 11.7. The van der Waals surface area contributed by atoms with Crippen molar-refractivity contribution < 1.29 is 13.2 Å². The molecule has 0 fully saturated rings. The number of halogens is 3. The lowest BCUT2D eigenvalue weighted by Gasteiger charge is -2.17. The predicted octanol–water partition coefficient (Wildman–Crippen LogP) is 3.86. The first-order valence-electron chi connectivity index (χ1n) is 5.76. The number of rotatable bonds is 1. The van der Waals surface area contributed by atoms with Crippen molar-refractivity contribution in [1.82, 2.24) is 9.97 Å². The first-order valence-corrected chi connectivity index (χ1v) is 5.76. The smallest absolute Gasteiger partial charge is 0.194 e. The molecule has 1 aromatic carbocycles. The first-order chi connectivity index (χ1) is 8.79. The van der Waals surface area contributed by atoms with E-state index in [0.717, 1.165) is 17.7 Å². The number of hydrogen-bond acceptors (Lipinski definition) is 2. The van der Waals surface area contributed by atoms with E-state index in [1.54, 1.807) is 12.4 Å². The molecule has 0 saturated heterocycles. The van der Waals surface area contributed by atoms with E-state index >= 15 is 0 Å². The zero-order valence-corrected chi connectivity index (χ0v) is 10.8. The summed E-state index contributed by atoms with van der Waals surface area (Å²) in [6, 6.07) is 1.76. The summed E-state index contributed by atoms with van der Waals surface area (Å²) in [5.74, 6) is -3.84. The summed E-state index contributed by atoms with van der Waals surface area (Å²) in [4.78, 5) is 8.12. The number of aromatic nitrogens is 2. The summed E-state index contributed by atoms with van der Waals surface area (Å²) in [7, 11) is 0. The van der Waals surface area contributed by atoms with Crippen LogP contribution in [-0.4, -0.2) is 9.97 Å². The third-order valence-electron chi connectivity index (χ3n) is 2.76. The van der Waals surface area contributed by atoms with Gasteiger partial charge >= 0.3 is 0 Å². The Bertz CT molecular complexity index is 578. The maximum atomic E-state index is 13.1. The molecule has 0 bridgehead atoms. The topological polar surface area (TPSA) is 25.8 Å². The maximum Gasteiger partial charge on any atom is 0.194 e. The van der Waals surface area contributed by atoms with Crippen molar-refractivity contribution in [3.05, 3.63) is 47.5 Å². The quantitative estimate of drug-likeness (QED) is 0.732. The van der Waals surface area contributed by atoms with E-state index in [9.17, 15) is 13.2 Å². The Hall–Kier alpha value is -1.91. The highest BCUT2D eigenvalue weighted by molar-refractivity contribution is 5.55. The molecule has 5 heteroatoms. The molecular formula is C14H13F3N2. The zero-order chi connectivity index (χ0) is 14.2. The molecule has 1 heterocycles. The second kappa shape index (κ2) is 4.64. The van der Waals surface area contributed by atoms with Crippen LogP contribution in [0.2, 0.25) is 0 Å². The van der Waals surface area contributed by atoms with Crippen LogP contribution in [0.4, 0.5) is 13.2 Å². The van der Waals surface area contributed by atoms with E-state index in [1.165, 1.54) is 0 Å². The molecule has 1 aromatic heterocycles. The van der Waals surface area contributed by atoms with E-state index < -0.39 is 17.5 Å². The van der Waals surface area contributed by atoms with Gasteiger partial charge in [-0.15, -0.1) is 0 Å². The van der Waals surface area contributed by atoms with Crippen LogP contribution in [0.5, 0.6) is 0 Å². The highest BCUT2D eigenvalue weighted by Crippen LogP contribution is 2.24. The molecule has 100 valence electrons. The maximum absolute atomic E-state index is 13.1. The minimum absolute atomic E-state index is 0.108. The summed E-state index contributed by atoms with van der Waals surface area (Å²) in [5.41, 5.74) is 0.897. The van der Waals surface area contributed by atoms with Gasteiger partial charge in [-0.1, -0.05) is 20.8 Å². The summed E-state index contributed by atoms with van der Waals surface area (Å²) in [5, 5.41) is 0. The van der Waals surface area contributed by atoms with Gasteiger partial charge in [-0.05, 0) is 23.1 Å². The molecule has 0 amide bonds. The third-order valence-corrected chi connectivity index (χ3v) is 2.76. The van der Waals surface area contributed by atoms with E-state index in [1.807, 2.05) is 20.8 Å². The van der Waals surface area contributed by atoms with Crippen LogP contribution in [0.25, 0.3) is 11.4 Å². The van der Waals surface area contributed by atoms with Crippen molar-refractivity contribution in [2.24, 2.45) is 0 Å². The van der Waals surface area contributed by atoms with E-state index in [4.69, 9.17) is 0 Å². The fourth-order valence-corrected chi connectivity index (χ4v) is 1.55. The van der Waals surface area contributed by atoms with Gasteiger partial charge in [0.25, 0.3) is 0 Å². The van der Waals surface area contributed by atoms with Crippen LogP contribution >= 0.6 is 0 Å². The molecule has 0 unspecified atom stereocenters. The molecule has 0 aliphatic carbocycles. The largest absolute Gasteiger partial charge is 0.236 e. The Morgan fingerprint density at radius 1 is 0.895 bits per heavy atom. The second-order valence-electron chi connectivity index (χ2n) is 5.30. The van der Waals surface area contributed by atoms with Crippen LogP contribution in [0.3, 0.4) is 0 Å². The Balaban J connectivity index is 2.43. The molecule has 0 saturated carbocycles. The molecule has 2 nitrogen and oxygen atoms in total. The molecule has 0 atom stereocenters. The molecule has 19 heavy (non-hydrogen) atoms. The summed E-state index contributed by atoms with van der Waals surface area (Å²) in [6.45, 7) is 6.01. The highest BCUT2D eigenvalue weighted by Gasteiger charge is 2.16. The molecule has 0 N–H and O–H groups in total. The van der Waals surface area contributed by atoms with Gasteiger partial charge in [-0.25, -0.2) is 23.1 Å². The van der Waals surface area contributed by atoms with Gasteiger partial charge < -0.3 is 0 Å². The van der Waals surface area contributed by atoms with E-state index in [2.05, 4.69) is 9.97 Å². The monoisotopic (exact) mass is 266 g/mol. The molecule has 0 aliphatic rings. The Kier molecular flexibility index (Phi) is 3.30. The number of nitrogens with zero attached hydrogens (tertiary/aromatic N) is 2. The molecule has 2 rings (SSSR count). The Morgan fingerprint density at radius 2 is 1.37 bits per heavy atom.